The van der Waals surface area contributed by atoms with E-state index in [-0.39, 0.29) is 11.5 Å². The van der Waals surface area contributed by atoms with E-state index in [4.69, 9.17) is 0 Å². The first-order chi connectivity index (χ1) is 14.1. The van der Waals surface area contributed by atoms with E-state index in [0.717, 1.165) is 12.1 Å². The van der Waals surface area contributed by atoms with E-state index in [1.54, 1.807) is 13.8 Å². The highest BCUT2D eigenvalue weighted by atomic mass is 19.4. The molecule has 1 atom stereocenters. The summed E-state index contributed by atoms with van der Waals surface area (Å²) in [6.45, 7) is 3.47. The van der Waals surface area contributed by atoms with Gasteiger partial charge in [-0.2, -0.15) is 57.1 Å². The number of halogens is 13. The second kappa shape index (κ2) is 8.56. The van der Waals surface area contributed by atoms with Crippen LogP contribution in [0, 0.1) is 0 Å². The average molecular weight is 496 g/mol. The molecule has 0 bridgehead atoms. The summed E-state index contributed by atoms with van der Waals surface area (Å²) in [5, 5.41) is 0. The number of hydrogen-bond donors (Lipinski definition) is 0. The van der Waals surface area contributed by atoms with Gasteiger partial charge in [0.15, 0.2) is 0 Å². The maximum absolute atomic E-state index is 14.1. The summed E-state index contributed by atoms with van der Waals surface area (Å²) >= 11 is 0. The molecule has 0 saturated carbocycles. The Hall–Kier alpha value is -1.73. The molecule has 0 amide bonds. The molecule has 0 saturated heterocycles. The maximum atomic E-state index is 14.1. The van der Waals surface area contributed by atoms with Crippen LogP contribution in [0.4, 0.5) is 57.1 Å². The Morgan fingerprint density at radius 1 is 0.625 bits per heavy atom. The lowest BCUT2D eigenvalue weighted by Gasteiger charge is -2.40. The summed E-state index contributed by atoms with van der Waals surface area (Å²) in [7, 11) is 0.680. The van der Waals surface area contributed by atoms with Crippen LogP contribution in [-0.2, 0) is 4.74 Å². The molecule has 32 heavy (non-hydrogen) atoms. The quantitative estimate of drug-likeness (QED) is 0.320. The summed E-state index contributed by atoms with van der Waals surface area (Å²) in [6.07, 6.45) is -12.0. The molecule has 186 valence electrons. The fourth-order valence-corrected chi connectivity index (χ4v) is 2.60. The van der Waals surface area contributed by atoms with Gasteiger partial charge in [0, 0.05) is 13.5 Å². The highest BCUT2D eigenvalue weighted by Gasteiger charge is 2.90. The van der Waals surface area contributed by atoms with Gasteiger partial charge in [-0.25, -0.2) is 0 Å². The van der Waals surface area contributed by atoms with Crippen LogP contribution in [0.25, 0.3) is 0 Å². The Labute approximate surface area is 173 Å². The number of alkyl halides is 13. The molecule has 1 aromatic carbocycles. The van der Waals surface area contributed by atoms with Gasteiger partial charge in [-0.15, -0.1) is 0 Å². The lowest BCUT2D eigenvalue weighted by Crippen LogP contribution is -2.70. The van der Waals surface area contributed by atoms with Crippen LogP contribution in [-0.4, -0.2) is 42.9 Å². The molecular formula is C18H17F13O. The van der Waals surface area contributed by atoms with Crippen molar-refractivity contribution >= 4 is 0 Å². The smallest absolute Gasteiger partial charge is 0.377 e. The summed E-state index contributed by atoms with van der Waals surface area (Å²) in [5.41, 5.74) is 0.351. The number of rotatable bonds is 9. The van der Waals surface area contributed by atoms with Crippen molar-refractivity contribution in [3.8, 4) is 0 Å². The second-order valence-electron chi connectivity index (χ2n) is 7.25. The fraction of sp³-hybridized carbons (Fsp3) is 0.667. The van der Waals surface area contributed by atoms with Crippen LogP contribution in [0.1, 0.15) is 43.4 Å². The molecule has 1 aromatic rings. The van der Waals surface area contributed by atoms with Crippen molar-refractivity contribution in [2.24, 2.45) is 0 Å². The molecule has 1 unspecified atom stereocenters. The van der Waals surface area contributed by atoms with E-state index in [1.807, 2.05) is 0 Å². The van der Waals surface area contributed by atoms with Crippen molar-refractivity contribution < 1.29 is 61.8 Å². The minimum Gasteiger partial charge on any atom is -0.377 e. The van der Waals surface area contributed by atoms with Crippen molar-refractivity contribution in [3.63, 3.8) is 0 Å². The largest absolute Gasteiger partial charge is 0.460 e. The molecule has 14 heteroatoms. The molecule has 0 aliphatic carbocycles. The third kappa shape index (κ3) is 4.51. The highest BCUT2D eigenvalue weighted by molar-refractivity contribution is 5.26. The first-order valence-electron chi connectivity index (χ1n) is 8.67. The Bertz CT molecular complexity index is 766. The van der Waals surface area contributed by atoms with Gasteiger partial charge in [-0.05, 0) is 17.0 Å². The van der Waals surface area contributed by atoms with Crippen LogP contribution in [0.3, 0.4) is 0 Å². The zero-order valence-electron chi connectivity index (χ0n) is 16.5. The second-order valence-corrected chi connectivity index (χ2v) is 7.25. The predicted molar refractivity (Wildman–Crippen MR) is 85.7 cm³/mol. The molecule has 0 fully saturated rings. The first-order valence-corrected chi connectivity index (χ1v) is 8.67. The molecule has 1 nitrogen and oxygen atoms in total. The number of benzene rings is 1. The van der Waals surface area contributed by atoms with E-state index in [0.29, 0.717) is 12.7 Å². The lowest BCUT2D eigenvalue weighted by molar-refractivity contribution is -0.440. The predicted octanol–water partition coefficient (Wildman–Crippen LogP) is 7.63. The van der Waals surface area contributed by atoms with Crippen molar-refractivity contribution in [2.45, 2.75) is 68.1 Å². The van der Waals surface area contributed by atoms with E-state index in [1.165, 1.54) is 12.1 Å². The van der Waals surface area contributed by atoms with Gasteiger partial charge in [0.25, 0.3) is 0 Å². The van der Waals surface area contributed by atoms with Crippen molar-refractivity contribution in [2.75, 3.05) is 7.11 Å². The van der Waals surface area contributed by atoms with Gasteiger partial charge in [-0.1, -0.05) is 38.1 Å². The van der Waals surface area contributed by atoms with Gasteiger partial charge in [0.1, 0.15) is 0 Å². The summed E-state index contributed by atoms with van der Waals surface area (Å²) in [4.78, 5) is 0. The van der Waals surface area contributed by atoms with E-state index in [9.17, 15) is 57.1 Å². The fourth-order valence-electron chi connectivity index (χ4n) is 2.60. The molecular weight excluding hydrogens is 479 g/mol. The molecule has 0 N–H and O–H groups in total. The Kier molecular flexibility index (Phi) is 7.57. The van der Waals surface area contributed by atoms with Crippen LogP contribution >= 0.6 is 0 Å². The van der Waals surface area contributed by atoms with E-state index < -0.39 is 48.3 Å². The summed E-state index contributed by atoms with van der Waals surface area (Å²) in [5.74, 6) is -37.0. The number of ether oxygens (including phenoxy) is 1. The van der Waals surface area contributed by atoms with Crippen molar-refractivity contribution in [3.05, 3.63) is 35.4 Å². The van der Waals surface area contributed by atoms with Gasteiger partial charge < -0.3 is 4.74 Å². The first kappa shape index (κ1) is 28.3. The molecule has 0 aliphatic rings. The average Bonchev–Trinajstić information content (AvgIpc) is 2.64. The summed E-state index contributed by atoms with van der Waals surface area (Å²) in [6, 6.07) is 4.86. The Morgan fingerprint density at radius 2 is 1.00 bits per heavy atom. The highest BCUT2D eigenvalue weighted by Crippen LogP contribution is 2.61. The number of hydrogen-bond acceptors (Lipinski definition) is 1. The molecule has 0 radical (unpaired) electrons. The van der Waals surface area contributed by atoms with Crippen LogP contribution in [0.15, 0.2) is 24.3 Å². The normalized spacial score (nSPS) is 15.9. The minimum absolute atomic E-state index is 0.0629. The van der Waals surface area contributed by atoms with Crippen molar-refractivity contribution in [1.82, 2.24) is 0 Å². The van der Waals surface area contributed by atoms with E-state index in [2.05, 4.69) is 4.74 Å². The van der Waals surface area contributed by atoms with Crippen LogP contribution in [0.5, 0.6) is 0 Å². The van der Waals surface area contributed by atoms with Crippen LogP contribution in [0.2, 0.25) is 0 Å². The molecule has 0 heterocycles. The third-order valence-corrected chi connectivity index (χ3v) is 4.70. The van der Waals surface area contributed by atoms with Gasteiger partial charge >= 0.3 is 35.8 Å². The van der Waals surface area contributed by atoms with Gasteiger partial charge in [-0.3, -0.25) is 0 Å². The standard InChI is InChI=1S/C18H17F13O/c1-9(2)10-4-6-11(7-5-10)12(32-3)8-13(19,20)14(21,22)15(23,24)16(25,26)17(27,28)18(29,30)31/h4-7,9,12H,8H2,1-3H3. The minimum atomic E-state index is -7.91. The molecule has 0 spiro atoms. The molecule has 0 aliphatic heterocycles. The van der Waals surface area contributed by atoms with Gasteiger partial charge in [0.2, 0.25) is 0 Å². The van der Waals surface area contributed by atoms with Gasteiger partial charge in [0.05, 0.1) is 6.10 Å². The maximum Gasteiger partial charge on any atom is 0.460 e. The number of methoxy groups -OCH3 is 1. The molecule has 0 aromatic heterocycles. The zero-order chi connectivity index (χ0) is 25.6. The van der Waals surface area contributed by atoms with E-state index >= 15 is 0 Å². The van der Waals surface area contributed by atoms with Crippen LogP contribution < -0.4 is 0 Å². The topological polar surface area (TPSA) is 9.23 Å². The zero-order valence-corrected chi connectivity index (χ0v) is 16.5. The summed E-state index contributed by atoms with van der Waals surface area (Å²) < 4.78 is 176. The van der Waals surface area contributed by atoms with Crippen molar-refractivity contribution in [1.29, 1.82) is 0 Å². The SMILES string of the molecule is COC(CC(F)(F)C(F)(F)C(F)(F)C(F)(F)C(F)(F)C(F)(F)F)c1ccc(C(C)C)cc1. The third-order valence-electron chi connectivity index (χ3n) is 4.70. The Morgan fingerprint density at radius 3 is 1.34 bits per heavy atom. The lowest BCUT2D eigenvalue weighted by atomic mass is 9.90. The monoisotopic (exact) mass is 496 g/mol. The Balaban J connectivity index is 3.37. The molecule has 1 rings (SSSR count).